The van der Waals surface area contributed by atoms with Gasteiger partial charge in [0.1, 0.15) is 5.82 Å². The number of nitrogens with zero attached hydrogens (tertiary/aromatic N) is 2. The summed E-state index contributed by atoms with van der Waals surface area (Å²) in [7, 11) is 3.84. The largest absolute Gasteiger partial charge is 0.316 e. The summed E-state index contributed by atoms with van der Waals surface area (Å²) in [5.41, 5.74) is 2.87. The maximum Gasteiger partial charge on any atom is 0.145 e. The van der Waals surface area contributed by atoms with Crippen LogP contribution in [0.5, 0.6) is 0 Å². The highest BCUT2D eigenvalue weighted by Crippen LogP contribution is 2.20. The van der Waals surface area contributed by atoms with Crippen molar-refractivity contribution in [3.8, 4) is 0 Å². The van der Waals surface area contributed by atoms with Crippen molar-refractivity contribution in [3.63, 3.8) is 0 Å². The van der Waals surface area contributed by atoms with E-state index in [-0.39, 0.29) is 16.9 Å². The van der Waals surface area contributed by atoms with E-state index < -0.39 is 0 Å². The van der Waals surface area contributed by atoms with Crippen LogP contribution in [0.15, 0.2) is 24.3 Å². The van der Waals surface area contributed by atoms with Crippen molar-refractivity contribution in [2.24, 2.45) is 7.05 Å². The van der Waals surface area contributed by atoms with Crippen LogP contribution >= 0.6 is 11.6 Å². The highest BCUT2D eigenvalue weighted by molar-refractivity contribution is 6.30. The molecule has 1 aromatic heterocycles. The Morgan fingerprint density at radius 2 is 2.14 bits per heavy atom. The SMILES string of the molecule is CCc1cc(CC(Cc2cccc(Cl)c2F)NC)n(C)n1. The first kappa shape index (κ1) is 16.0. The monoisotopic (exact) mass is 309 g/mol. The van der Waals surface area contributed by atoms with E-state index in [4.69, 9.17) is 11.6 Å². The number of hydrogen-bond donors (Lipinski definition) is 1. The average molecular weight is 310 g/mol. The third kappa shape index (κ3) is 3.83. The Bertz CT molecular complexity index is 610. The molecule has 1 unspecified atom stereocenters. The number of hydrogen-bond acceptors (Lipinski definition) is 2. The van der Waals surface area contributed by atoms with Gasteiger partial charge < -0.3 is 5.32 Å². The van der Waals surface area contributed by atoms with Gasteiger partial charge in [0.25, 0.3) is 0 Å². The van der Waals surface area contributed by atoms with Gasteiger partial charge >= 0.3 is 0 Å². The number of aromatic nitrogens is 2. The average Bonchev–Trinajstić information content (AvgIpc) is 2.83. The van der Waals surface area contributed by atoms with E-state index >= 15 is 0 Å². The number of nitrogens with one attached hydrogen (secondary N) is 1. The van der Waals surface area contributed by atoms with Crippen molar-refractivity contribution in [1.82, 2.24) is 15.1 Å². The lowest BCUT2D eigenvalue weighted by Crippen LogP contribution is -2.31. The van der Waals surface area contributed by atoms with Gasteiger partial charge in [0.2, 0.25) is 0 Å². The van der Waals surface area contributed by atoms with Gasteiger partial charge in [-0.2, -0.15) is 5.10 Å². The Labute approximate surface area is 130 Å². The zero-order chi connectivity index (χ0) is 15.4. The summed E-state index contributed by atoms with van der Waals surface area (Å²) in [6.45, 7) is 2.09. The maximum absolute atomic E-state index is 14.0. The van der Waals surface area contributed by atoms with E-state index in [9.17, 15) is 4.39 Å². The minimum absolute atomic E-state index is 0.137. The Hall–Kier alpha value is -1.39. The first-order chi connectivity index (χ1) is 10.0. The zero-order valence-corrected chi connectivity index (χ0v) is 13.4. The highest BCUT2D eigenvalue weighted by atomic mass is 35.5. The van der Waals surface area contributed by atoms with Crippen LogP contribution in [-0.4, -0.2) is 22.9 Å². The van der Waals surface area contributed by atoms with E-state index in [0.717, 1.165) is 24.2 Å². The number of halogens is 2. The number of benzene rings is 1. The Morgan fingerprint density at radius 3 is 2.76 bits per heavy atom. The molecule has 0 amide bonds. The lowest BCUT2D eigenvalue weighted by Gasteiger charge is -2.17. The van der Waals surface area contributed by atoms with Crippen LogP contribution in [-0.2, 0) is 26.3 Å². The van der Waals surface area contributed by atoms with E-state index in [1.165, 1.54) is 0 Å². The van der Waals surface area contributed by atoms with Gasteiger partial charge in [-0.15, -0.1) is 0 Å². The van der Waals surface area contributed by atoms with Gasteiger partial charge in [-0.1, -0.05) is 30.7 Å². The van der Waals surface area contributed by atoms with Crippen molar-refractivity contribution in [2.75, 3.05) is 7.05 Å². The third-order valence-corrected chi connectivity index (χ3v) is 4.04. The second kappa shape index (κ2) is 7.05. The van der Waals surface area contributed by atoms with Gasteiger partial charge in [0.05, 0.1) is 10.7 Å². The first-order valence-electron chi connectivity index (χ1n) is 7.17. The molecule has 3 nitrogen and oxygen atoms in total. The molecule has 2 aromatic rings. The molecule has 114 valence electrons. The Kier molecular flexibility index (Phi) is 5.37. The molecule has 0 aliphatic carbocycles. The van der Waals surface area contributed by atoms with E-state index in [1.54, 1.807) is 18.2 Å². The van der Waals surface area contributed by atoms with Gasteiger partial charge in [0.15, 0.2) is 0 Å². The topological polar surface area (TPSA) is 29.9 Å². The minimum atomic E-state index is -0.321. The van der Waals surface area contributed by atoms with Crippen molar-refractivity contribution >= 4 is 11.6 Å². The second-order valence-corrected chi connectivity index (χ2v) is 5.62. The Balaban J connectivity index is 2.13. The third-order valence-electron chi connectivity index (χ3n) is 3.75. The predicted molar refractivity (Wildman–Crippen MR) is 84.3 cm³/mol. The van der Waals surface area contributed by atoms with Crippen LogP contribution in [0.3, 0.4) is 0 Å². The molecule has 2 rings (SSSR count). The maximum atomic E-state index is 14.0. The van der Waals surface area contributed by atoms with E-state index in [2.05, 4.69) is 23.4 Å². The molecule has 0 bridgehead atoms. The molecule has 0 radical (unpaired) electrons. The molecule has 0 saturated carbocycles. The summed E-state index contributed by atoms with van der Waals surface area (Å²) < 4.78 is 15.9. The number of aryl methyl sites for hydroxylation is 2. The summed E-state index contributed by atoms with van der Waals surface area (Å²) >= 11 is 5.84. The molecule has 5 heteroatoms. The van der Waals surface area contributed by atoms with Gasteiger partial charge in [-0.25, -0.2) is 4.39 Å². The molecule has 0 saturated heterocycles. The Morgan fingerprint density at radius 1 is 1.38 bits per heavy atom. The van der Waals surface area contributed by atoms with Crippen molar-refractivity contribution < 1.29 is 4.39 Å². The summed E-state index contributed by atoms with van der Waals surface area (Å²) in [6, 6.07) is 7.39. The lowest BCUT2D eigenvalue weighted by molar-refractivity contribution is 0.516. The molecule has 0 aliphatic rings. The highest BCUT2D eigenvalue weighted by Gasteiger charge is 2.15. The molecule has 1 aromatic carbocycles. The molecule has 1 atom stereocenters. The van der Waals surface area contributed by atoms with Crippen LogP contribution < -0.4 is 5.32 Å². The first-order valence-corrected chi connectivity index (χ1v) is 7.54. The fourth-order valence-corrected chi connectivity index (χ4v) is 2.63. The van der Waals surface area contributed by atoms with Gasteiger partial charge in [-0.05, 0) is 37.6 Å². The molecular weight excluding hydrogens is 289 g/mol. The fraction of sp³-hybridized carbons (Fsp3) is 0.438. The molecule has 0 fully saturated rings. The summed E-state index contributed by atoms with van der Waals surface area (Å²) in [4.78, 5) is 0. The molecule has 1 heterocycles. The van der Waals surface area contributed by atoms with Crippen LogP contribution in [0.1, 0.15) is 23.9 Å². The van der Waals surface area contributed by atoms with Gasteiger partial charge in [0, 0.05) is 25.2 Å². The van der Waals surface area contributed by atoms with E-state index in [0.29, 0.717) is 12.0 Å². The molecular formula is C16H21ClFN3. The molecule has 0 aliphatic heterocycles. The lowest BCUT2D eigenvalue weighted by atomic mass is 10.0. The summed E-state index contributed by atoms with van der Waals surface area (Å²) in [5.74, 6) is -0.321. The van der Waals surface area contributed by atoms with Crippen LogP contribution in [0.25, 0.3) is 0 Å². The zero-order valence-electron chi connectivity index (χ0n) is 12.7. The van der Waals surface area contributed by atoms with Crippen molar-refractivity contribution in [3.05, 3.63) is 52.1 Å². The summed E-state index contributed by atoms with van der Waals surface area (Å²) in [5, 5.41) is 7.88. The fourth-order valence-electron chi connectivity index (χ4n) is 2.44. The molecule has 0 spiro atoms. The minimum Gasteiger partial charge on any atom is -0.316 e. The standard InChI is InChI=1S/C16H21ClFN3/c1-4-12-9-14(21(3)20-12)10-13(19-2)8-11-6-5-7-15(17)16(11)18/h5-7,9,13,19H,4,8,10H2,1-3H3. The second-order valence-electron chi connectivity index (χ2n) is 5.21. The van der Waals surface area contributed by atoms with E-state index in [1.807, 2.05) is 18.8 Å². The molecule has 1 N–H and O–H groups in total. The van der Waals surface area contributed by atoms with Crippen LogP contribution in [0.4, 0.5) is 4.39 Å². The predicted octanol–water partition coefficient (Wildman–Crippen LogP) is 3.15. The number of rotatable bonds is 6. The van der Waals surface area contributed by atoms with Gasteiger partial charge in [-0.3, -0.25) is 4.68 Å². The number of likely N-dealkylation sites (N-methyl/N-ethyl adjacent to an activating group) is 1. The van der Waals surface area contributed by atoms with Crippen molar-refractivity contribution in [2.45, 2.75) is 32.2 Å². The summed E-state index contributed by atoms with van der Waals surface area (Å²) in [6.07, 6.45) is 2.31. The smallest absolute Gasteiger partial charge is 0.145 e. The normalized spacial score (nSPS) is 12.6. The van der Waals surface area contributed by atoms with Crippen LogP contribution in [0, 0.1) is 5.82 Å². The quantitative estimate of drug-likeness (QED) is 0.888. The van der Waals surface area contributed by atoms with Crippen LogP contribution in [0.2, 0.25) is 5.02 Å². The van der Waals surface area contributed by atoms with Crippen molar-refractivity contribution in [1.29, 1.82) is 0 Å². The molecule has 21 heavy (non-hydrogen) atoms.